The summed E-state index contributed by atoms with van der Waals surface area (Å²) in [7, 11) is 3.90. The highest BCUT2D eigenvalue weighted by Gasteiger charge is 1.99. The Morgan fingerprint density at radius 1 is 1.38 bits per heavy atom. The molecule has 72 valence electrons. The first-order chi connectivity index (χ1) is 6.13. The molecule has 3 heteroatoms. The Morgan fingerprint density at radius 3 is 2.54 bits per heavy atom. The standard InChI is InChI=1S/C10H17N3/c1-5-9-6-7-10(11-8(9)2)12-13(3)4/h6-7H,5H2,1-4H3,(H,11,12). The molecular weight excluding hydrogens is 162 g/mol. The summed E-state index contributed by atoms with van der Waals surface area (Å²) in [6, 6.07) is 4.12. The first kappa shape index (κ1) is 9.99. The normalized spacial score (nSPS) is 10.5. The second-order valence-corrected chi connectivity index (χ2v) is 3.30. The number of nitrogens with zero attached hydrogens (tertiary/aromatic N) is 2. The molecule has 1 aromatic rings. The monoisotopic (exact) mass is 179 g/mol. The van der Waals surface area contributed by atoms with E-state index in [1.807, 2.05) is 32.1 Å². The van der Waals surface area contributed by atoms with Gasteiger partial charge in [0.1, 0.15) is 5.82 Å². The van der Waals surface area contributed by atoms with E-state index in [4.69, 9.17) is 0 Å². The SMILES string of the molecule is CCc1ccc(NN(C)C)nc1C. The Labute approximate surface area is 79.8 Å². The molecule has 1 heterocycles. The van der Waals surface area contributed by atoms with Crippen molar-refractivity contribution in [3.8, 4) is 0 Å². The van der Waals surface area contributed by atoms with Crippen LogP contribution in [0.1, 0.15) is 18.2 Å². The lowest BCUT2D eigenvalue weighted by molar-refractivity contribution is 0.492. The summed E-state index contributed by atoms with van der Waals surface area (Å²) in [5.74, 6) is 0.903. The van der Waals surface area contributed by atoms with Gasteiger partial charge in [0.05, 0.1) is 0 Å². The molecule has 0 atom stereocenters. The molecule has 0 aliphatic heterocycles. The molecule has 0 aromatic carbocycles. The number of pyridine rings is 1. The van der Waals surface area contributed by atoms with Gasteiger partial charge in [0.25, 0.3) is 0 Å². The van der Waals surface area contributed by atoms with Crippen molar-refractivity contribution >= 4 is 5.82 Å². The lowest BCUT2D eigenvalue weighted by Gasteiger charge is -2.13. The van der Waals surface area contributed by atoms with Crippen LogP contribution in [0.15, 0.2) is 12.1 Å². The predicted molar refractivity (Wildman–Crippen MR) is 55.7 cm³/mol. The van der Waals surface area contributed by atoms with E-state index in [2.05, 4.69) is 23.4 Å². The van der Waals surface area contributed by atoms with Gasteiger partial charge in [0.2, 0.25) is 0 Å². The van der Waals surface area contributed by atoms with Gasteiger partial charge < -0.3 is 5.43 Å². The number of anilines is 1. The van der Waals surface area contributed by atoms with E-state index in [0.29, 0.717) is 0 Å². The van der Waals surface area contributed by atoms with Crippen molar-refractivity contribution in [1.29, 1.82) is 0 Å². The van der Waals surface area contributed by atoms with Gasteiger partial charge in [0.15, 0.2) is 0 Å². The smallest absolute Gasteiger partial charge is 0.140 e. The Hall–Kier alpha value is -1.09. The Balaban J connectivity index is 2.83. The molecule has 0 aliphatic carbocycles. The van der Waals surface area contributed by atoms with Crippen LogP contribution in [0.3, 0.4) is 0 Å². The summed E-state index contributed by atoms with van der Waals surface area (Å²) in [5, 5.41) is 1.88. The number of nitrogens with one attached hydrogen (secondary N) is 1. The Kier molecular flexibility index (Phi) is 3.25. The highest BCUT2D eigenvalue weighted by molar-refractivity contribution is 5.37. The molecule has 1 aromatic heterocycles. The number of aromatic nitrogens is 1. The lowest BCUT2D eigenvalue weighted by atomic mass is 10.1. The van der Waals surface area contributed by atoms with E-state index in [1.54, 1.807) is 0 Å². The van der Waals surface area contributed by atoms with Crippen molar-refractivity contribution in [1.82, 2.24) is 9.99 Å². The summed E-state index contributed by atoms with van der Waals surface area (Å²) in [6.07, 6.45) is 1.04. The van der Waals surface area contributed by atoms with Crippen LogP contribution in [-0.2, 0) is 6.42 Å². The molecule has 1 N–H and O–H groups in total. The van der Waals surface area contributed by atoms with E-state index in [-0.39, 0.29) is 0 Å². The van der Waals surface area contributed by atoms with Gasteiger partial charge in [-0.3, -0.25) is 0 Å². The molecular formula is C10H17N3. The quantitative estimate of drug-likeness (QED) is 0.718. The molecule has 0 bridgehead atoms. The molecule has 1 rings (SSSR count). The van der Waals surface area contributed by atoms with E-state index in [1.165, 1.54) is 5.56 Å². The van der Waals surface area contributed by atoms with E-state index < -0.39 is 0 Å². The summed E-state index contributed by atoms with van der Waals surface area (Å²) in [5.41, 5.74) is 5.53. The fraction of sp³-hybridized carbons (Fsp3) is 0.500. The highest BCUT2D eigenvalue weighted by Crippen LogP contribution is 2.10. The molecule has 0 saturated carbocycles. The average Bonchev–Trinajstić information content (AvgIpc) is 2.03. The van der Waals surface area contributed by atoms with E-state index in [0.717, 1.165) is 17.9 Å². The molecule has 0 aliphatic rings. The third kappa shape index (κ3) is 2.70. The maximum absolute atomic E-state index is 4.43. The minimum atomic E-state index is 0.903. The first-order valence-corrected chi connectivity index (χ1v) is 4.54. The fourth-order valence-corrected chi connectivity index (χ4v) is 1.25. The molecule has 0 fully saturated rings. The number of hydrogen-bond acceptors (Lipinski definition) is 3. The molecule has 0 saturated heterocycles. The summed E-state index contributed by atoms with van der Waals surface area (Å²) < 4.78 is 0. The van der Waals surface area contributed by atoms with Crippen molar-refractivity contribution in [2.45, 2.75) is 20.3 Å². The highest BCUT2D eigenvalue weighted by atomic mass is 15.5. The number of hydrogen-bond donors (Lipinski definition) is 1. The minimum absolute atomic E-state index is 0.903. The Morgan fingerprint density at radius 2 is 2.08 bits per heavy atom. The zero-order valence-corrected chi connectivity index (χ0v) is 8.76. The van der Waals surface area contributed by atoms with Gasteiger partial charge in [-0.1, -0.05) is 13.0 Å². The molecule has 0 amide bonds. The second-order valence-electron chi connectivity index (χ2n) is 3.30. The van der Waals surface area contributed by atoms with Crippen molar-refractivity contribution in [2.24, 2.45) is 0 Å². The van der Waals surface area contributed by atoms with Crippen LogP contribution in [0.2, 0.25) is 0 Å². The molecule has 0 radical (unpaired) electrons. The van der Waals surface area contributed by atoms with E-state index in [9.17, 15) is 0 Å². The van der Waals surface area contributed by atoms with Crippen molar-refractivity contribution in [2.75, 3.05) is 19.5 Å². The zero-order chi connectivity index (χ0) is 9.84. The van der Waals surface area contributed by atoms with Crippen LogP contribution in [0.5, 0.6) is 0 Å². The van der Waals surface area contributed by atoms with Gasteiger partial charge in [-0.05, 0) is 25.0 Å². The molecule has 3 nitrogen and oxygen atoms in total. The van der Waals surface area contributed by atoms with Gasteiger partial charge in [-0.15, -0.1) is 0 Å². The Bertz CT molecular complexity index is 281. The number of aryl methyl sites for hydroxylation is 2. The first-order valence-electron chi connectivity index (χ1n) is 4.54. The third-order valence-electron chi connectivity index (χ3n) is 1.91. The number of rotatable bonds is 3. The summed E-state index contributed by atoms with van der Waals surface area (Å²) >= 11 is 0. The van der Waals surface area contributed by atoms with Crippen LogP contribution in [-0.4, -0.2) is 24.1 Å². The maximum atomic E-state index is 4.43. The molecule has 13 heavy (non-hydrogen) atoms. The fourth-order valence-electron chi connectivity index (χ4n) is 1.25. The second kappa shape index (κ2) is 4.23. The van der Waals surface area contributed by atoms with Crippen LogP contribution >= 0.6 is 0 Å². The van der Waals surface area contributed by atoms with Crippen LogP contribution in [0, 0.1) is 6.92 Å². The topological polar surface area (TPSA) is 28.2 Å². The van der Waals surface area contributed by atoms with Gasteiger partial charge >= 0.3 is 0 Å². The molecule has 0 spiro atoms. The van der Waals surface area contributed by atoms with Crippen LogP contribution in [0.4, 0.5) is 5.82 Å². The van der Waals surface area contributed by atoms with Crippen molar-refractivity contribution in [3.05, 3.63) is 23.4 Å². The minimum Gasteiger partial charge on any atom is -0.304 e. The van der Waals surface area contributed by atoms with Crippen molar-refractivity contribution < 1.29 is 0 Å². The maximum Gasteiger partial charge on any atom is 0.140 e. The zero-order valence-electron chi connectivity index (χ0n) is 8.76. The largest absolute Gasteiger partial charge is 0.304 e. The van der Waals surface area contributed by atoms with Crippen LogP contribution < -0.4 is 5.43 Å². The average molecular weight is 179 g/mol. The van der Waals surface area contributed by atoms with Gasteiger partial charge in [-0.25, -0.2) is 9.99 Å². The van der Waals surface area contributed by atoms with Crippen molar-refractivity contribution in [3.63, 3.8) is 0 Å². The van der Waals surface area contributed by atoms with Crippen LogP contribution in [0.25, 0.3) is 0 Å². The van der Waals surface area contributed by atoms with E-state index >= 15 is 0 Å². The van der Waals surface area contributed by atoms with Gasteiger partial charge in [0, 0.05) is 19.8 Å². The molecule has 0 unspecified atom stereocenters. The summed E-state index contributed by atoms with van der Waals surface area (Å²) in [4.78, 5) is 4.43. The summed E-state index contributed by atoms with van der Waals surface area (Å²) in [6.45, 7) is 4.18. The lowest BCUT2D eigenvalue weighted by Crippen LogP contribution is -2.20. The van der Waals surface area contributed by atoms with Gasteiger partial charge in [-0.2, -0.15) is 0 Å². The number of hydrazine groups is 1. The predicted octanol–water partition coefficient (Wildman–Crippen LogP) is 1.84. The third-order valence-corrected chi connectivity index (χ3v) is 1.91.